The summed E-state index contributed by atoms with van der Waals surface area (Å²) in [6.07, 6.45) is -2.35. The molecule has 0 bridgehead atoms. The lowest BCUT2D eigenvalue weighted by Gasteiger charge is -2.35. The minimum absolute atomic E-state index is 0.273. The number of alkyl halides is 3. The molecule has 0 aliphatic carbocycles. The van der Waals surface area contributed by atoms with E-state index in [4.69, 9.17) is 16.3 Å². The highest BCUT2D eigenvalue weighted by atomic mass is 35.5. The van der Waals surface area contributed by atoms with E-state index in [2.05, 4.69) is 10.1 Å². The number of hydrogen-bond acceptors (Lipinski definition) is 5. The van der Waals surface area contributed by atoms with E-state index in [9.17, 15) is 22.8 Å². The standard InChI is InChI=1S/C27H31ClF3N3O4/c1-26(2,3)38-25(36)34-12-5-4-6-22(34)24(35)32-19-14-18-11-13-33(23(18)21(28)15-19)16-17-7-9-20(10-8-17)37-27(29,30)31/h7-10,14-15,22H,4-6,11-13,16H2,1-3H3,(H,32,35)/t22-/m1/s1. The molecular weight excluding hydrogens is 523 g/mol. The molecule has 1 saturated heterocycles. The number of carbonyl (C=O) groups is 2. The van der Waals surface area contributed by atoms with E-state index >= 15 is 0 Å². The number of fused-ring (bicyclic) bond motifs is 1. The normalized spacial score (nSPS) is 17.7. The van der Waals surface area contributed by atoms with E-state index in [1.54, 1.807) is 39.0 Å². The van der Waals surface area contributed by atoms with Crippen LogP contribution in [0.25, 0.3) is 0 Å². The lowest BCUT2D eigenvalue weighted by molar-refractivity contribution is -0.274. The topological polar surface area (TPSA) is 71.1 Å². The summed E-state index contributed by atoms with van der Waals surface area (Å²) >= 11 is 6.63. The summed E-state index contributed by atoms with van der Waals surface area (Å²) in [6, 6.07) is 8.66. The Morgan fingerprint density at radius 3 is 2.45 bits per heavy atom. The number of likely N-dealkylation sites (tertiary alicyclic amines) is 1. The number of nitrogens with zero attached hydrogens (tertiary/aromatic N) is 2. The van der Waals surface area contributed by atoms with Gasteiger partial charge in [0.2, 0.25) is 5.91 Å². The van der Waals surface area contributed by atoms with Crippen molar-refractivity contribution in [2.75, 3.05) is 23.3 Å². The zero-order valence-electron chi connectivity index (χ0n) is 21.5. The first kappa shape index (κ1) is 27.9. The van der Waals surface area contributed by atoms with Crippen LogP contribution in [0.4, 0.5) is 29.3 Å². The van der Waals surface area contributed by atoms with Crippen molar-refractivity contribution in [3.8, 4) is 5.75 Å². The highest BCUT2D eigenvalue weighted by molar-refractivity contribution is 6.34. The van der Waals surface area contributed by atoms with Crippen LogP contribution in [0.15, 0.2) is 36.4 Å². The van der Waals surface area contributed by atoms with Crippen LogP contribution in [0.5, 0.6) is 5.75 Å². The molecule has 2 aromatic carbocycles. The number of halogens is 4. The fraction of sp³-hybridized carbons (Fsp3) is 0.481. The minimum Gasteiger partial charge on any atom is -0.444 e. The van der Waals surface area contributed by atoms with Gasteiger partial charge in [0.05, 0.1) is 10.7 Å². The Hall–Kier alpha value is -3.14. The molecule has 2 heterocycles. The van der Waals surface area contributed by atoms with E-state index < -0.39 is 24.1 Å². The molecule has 0 aromatic heterocycles. The number of amides is 2. The Balaban J connectivity index is 1.43. The third-order valence-electron chi connectivity index (χ3n) is 6.34. The van der Waals surface area contributed by atoms with Gasteiger partial charge in [0.25, 0.3) is 0 Å². The molecule has 1 N–H and O–H groups in total. The molecule has 206 valence electrons. The van der Waals surface area contributed by atoms with E-state index in [-0.39, 0.29) is 11.7 Å². The molecule has 11 heteroatoms. The first-order valence-corrected chi connectivity index (χ1v) is 12.9. The Kier molecular flexibility index (Phi) is 8.01. The number of carbonyl (C=O) groups excluding carboxylic acids is 2. The molecule has 0 radical (unpaired) electrons. The molecule has 0 saturated carbocycles. The summed E-state index contributed by atoms with van der Waals surface area (Å²) in [5.41, 5.74) is 2.48. The van der Waals surface area contributed by atoms with E-state index in [1.807, 2.05) is 11.0 Å². The minimum atomic E-state index is -4.74. The number of rotatable bonds is 5. The molecular formula is C27H31ClF3N3O4. The smallest absolute Gasteiger partial charge is 0.444 e. The van der Waals surface area contributed by atoms with Crippen LogP contribution >= 0.6 is 11.6 Å². The summed E-state index contributed by atoms with van der Waals surface area (Å²) in [4.78, 5) is 29.4. The quantitative estimate of drug-likeness (QED) is 0.456. The molecule has 2 aliphatic heterocycles. The van der Waals surface area contributed by atoms with Crippen molar-refractivity contribution >= 4 is 35.0 Å². The molecule has 0 unspecified atom stereocenters. The summed E-state index contributed by atoms with van der Waals surface area (Å²) in [6.45, 7) is 6.95. The van der Waals surface area contributed by atoms with Crippen LogP contribution in [0, 0.1) is 0 Å². The lowest BCUT2D eigenvalue weighted by atomic mass is 10.0. The zero-order chi connectivity index (χ0) is 27.7. The van der Waals surface area contributed by atoms with Crippen LogP contribution < -0.4 is 15.0 Å². The molecule has 7 nitrogen and oxygen atoms in total. The average Bonchev–Trinajstić information content (AvgIpc) is 3.21. The van der Waals surface area contributed by atoms with Gasteiger partial charge in [-0.2, -0.15) is 0 Å². The molecule has 4 rings (SSSR count). The van der Waals surface area contributed by atoms with Crippen molar-refractivity contribution in [1.82, 2.24) is 4.90 Å². The van der Waals surface area contributed by atoms with Gasteiger partial charge in [-0.1, -0.05) is 23.7 Å². The lowest BCUT2D eigenvalue weighted by Crippen LogP contribution is -2.51. The van der Waals surface area contributed by atoms with Crippen LogP contribution in [0.2, 0.25) is 5.02 Å². The van der Waals surface area contributed by atoms with Crippen molar-refractivity contribution in [2.45, 2.75) is 71.0 Å². The molecule has 38 heavy (non-hydrogen) atoms. The SMILES string of the molecule is CC(C)(C)OC(=O)N1CCCC[C@@H]1C(=O)Nc1cc(Cl)c2c(c1)CCN2Cc1ccc(OC(F)(F)F)cc1. The van der Waals surface area contributed by atoms with Crippen LogP contribution in [0.3, 0.4) is 0 Å². The van der Waals surface area contributed by atoms with Crippen LogP contribution in [0.1, 0.15) is 51.2 Å². The van der Waals surface area contributed by atoms with Gasteiger partial charge in [-0.3, -0.25) is 9.69 Å². The largest absolute Gasteiger partial charge is 0.573 e. The molecule has 2 aliphatic rings. The maximum Gasteiger partial charge on any atom is 0.573 e. The van der Waals surface area contributed by atoms with Gasteiger partial charge in [0.1, 0.15) is 17.4 Å². The first-order valence-electron chi connectivity index (χ1n) is 12.5. The number of anilines is 2. The summed E-state index contributed by atoms with van der Waals surface area (Å²) in [7, 11) is 0. The third kappa shape index (κ3) is 7.03. The van der Waals surface area contributed by atoms with Crippen molar-refractivity contribution in [2.24, 2.45) is 0 Å². The summed E-state index contributed by atoms with van der Waals surface area (Å²) in [5, 5.41) is 3.38. The number of hydrogen-bond donors (Lipinski definition) is 1. The van der Waals surface area contributed by atoms with E-state index in [0.29, 0.717) is 43.2 Å². The highest BCUT2D eigenvalue weighted by Gasteiger charge is 2.35. The van der Waals surface area contributed by atoms with Gasteiger partial charge < -0.3 is 19.7 Å². The van der Waals surface area contributed by atoms with Crippen molar-refractivity contribution in [1.29, 1.82) is 0 Å². The molecule has 1 fully saturated rings. The predicted molar refractivity (Wildman–Crippen MR) is 139 cm³/mol. The third-order valence-corrected chi connectivity index (χ3v) is 6.63. The predicted octanol–water partition coefficient (Wildman–Crippen LogP) is 6.53. The van der Waals surface area contributed by atoms with Crippen LogP contribution in [-0.2, 0) is 22.5 Å². The van der Waals surface area contributed by atoms with Gasteiger partial charge in [0, 0.05) is 25.3 Å². The number of benzene rings is 2. The maximum absolute atomic E-state index is 13.2. The summed E-state index contributed by atoms with van der Waals surface area (Å²) < 4.78 is 46.7. The molecule has 0 spiro atoms. The Morgan fingerprint density at radius 1 is 1.08 bits per heavy atom. The Morgan fingerprint density at radius 2 is 1.79 bits per heavy atom. The molecule has 2 aromatic rings. The number of nitrogens with one attached hydrogen (secondary N) is 1. The average molecular weight is 554 g/mol. The Bertz CT molecular complexity index is 1180. The van der Waals surface area contributed by atoms with Crippen LogP contribution in [-0.4, -0.2) is 48.0 Å². The highest BCUT2D eigenvalue weighted by Crippen LogP contribution is 2.39. The van der Waals surface area contributed by atoms with Crippen molar-refractivity contribution < 1.29 is 32.2 Å². The second kappa shape index (κ2) is 10.9. The van der Waals surface area contributed by atoms with Gasteiger partial charge in [-0.05, 0) is 81.8 Å². The first-order chi connectivity index (χ1) is 17.8. The van der Waals surface area contributed by atoms with Gasteiger partial charge >= 0.3 is 12.5 Å². The van der Waals surface area contributed by atoms with Gasteiger partial charge in [0.15, 0.2) is 0 Å². The second-order valence-electron chi connectivity index (χ2n) is 10.5. The fourth-order valence-electron chi connectivity index (χ4n) is 4.78. The second-order valence-corrected chi connectivity index (χ2v) is 10.9. The monoisotopic (exact) mass is 553 g/mol. The number of piperidine rings is 1. The number of ether oxygens (including phenoxy) is 2. The fourth-order valence-corrected chi connectivity index (χ4v) is 5.14. The van der Waals surface area contributed by atoms with E-state index in [1.165, 1.54) is 17.0 Å². The maximum atomic E-state index is 13.2. The summed E-state index contributed by atoms with van der Waals surface area (Å²) in [5.74, 6) is -0.563. The van der Waals surface area contributed by atoms with Gasteiger partial charge in [-0.25, -0.2) is 4.79 Å². The molecule has 1 atom stereocenters. The van der Waals surface area contributed by atoms with Crippen molar-refractivity contribution in [3.05, 3.63) is 52.5 Å². The Labute approximate surface area is 224 Å². The van der Waals surface area contributed by atoms with E-state index in [0.717, 1.165) is 29.7 Å². The van der Waals surface area contributed by atoms with Crippen molar-refractivity contribution in [3.63, 3.8) is 0 Å². The zero-order valence-corrected chi connectivity index (χ0v) is 22.3. The molecule has 2 amide bonds. The van der Waals surface area contributed by atoms with Gasteiger partial charge in [-0.15, -0.1) is 13.2 Å².